The van der Waals surface area contributed by atoms with Crippen molar-refractivity contribution in [3.05, 3.63) is 40.2 Å². The first-order chi connectivity index (χ1) is 5.38. The number of fused-ring (bicyclic) bond motifs is 1. The van der Waals surface area contributed by atoms with E-state index in [0.29, 0.717) is 0 Å². The molecule has 0 aliphatic carbocycles. The molecule has 1 nitrogen and oxygen atoms in total. The molecular weight excluding hydrogens is 249 g/mol. The van der Waals surface area contributed by atoms with E-state index in [1.807, 2.05) is 24.5 Å². The number of pyridine rings is 1. The molecule has 11 heavy (non-hydrogen) atoms. The van der Waals surface area contributed by atoms with E-state index in [-0.39, 0.29) is 0 Å². The Hall–Kier alpha value is -0.640. The highest BCUT2D eigenvalue weighted by Crippen LogP contribution is 2.18. The van der Waals surface area contributed by atoms with Gasteiger partial charge in [0.15, 0.2) is 0 Å². The molecule has 1 heterocycles. The van der Waals surface area contributed by atoms with Crippen molar-refractivity contribution in [2.24, 2.45) is 0 Å². The lowest BCUT2D eigenvalue weighted by Crippen LogP contribution is -1.77. The van der Waals surface area contributed by atoms with Gasteiger partial charge in [0.1, 0.15) is 0 Å². The molecule has 2 aromatic rings. The highest BCUT2D eigenvalue weighted by Gasteiger charge is 1.94. The number of rotatable bonds is 0. The molecule has 0 aliphatic heterocycles. The summed E-state index contributed by atoms with van der Waals surface area (Å²) in [5, 5.41) is 2.49. The van der Waals surface area contributed by atoms with Gasteiger partial charge in [-0.05, 0) is 40.1 Å². The van der Waals surface area contributed by atoms with Gasteiger partial charge in [0.25, 0.3) is 0 Å². The summed E-state index contributed by atoms with van der Waals surface area (Å²) in [7, 11) is 0. The van der Waals surface area contributed by atoms with E-state index in [9.17, 15) is 0 Å². The van der Waals surface area contributed by atoms with Crippen molar-refractivity contribution in [3.8, 4) is 0 Å². The van der Waals surface area contributed by atoms with Gasteiger partial charge in [-0.3, -0.25) is 4.98 Å². The molecule has 0 bridgehead atoms. The fourth-order valence-electron chi connectivity index (χ4n) is 1.08. The van der Waals surface area contributed by atoms with Crippen LogP contribution in [0.5, 0.6) is 0 Å². The average Bonchev–Trinajstić information content (AvgIpc) is 2.06. The number of halogens is 1. The van der Waals surface area contributed by atoms with E-state index in [2.05, 4.69) is 39.7 Å². The van der Waals surface area contributed by atoms with E-state index >= 15 is 0 Å². The molecule has 0 N–H and O–H groups in total. The van der Waals surface area contributed by atoms with Crippen LogP contribution in [0, 0.1) is 3.57 Å². The van der Waals surface area contributed by atoms with Gasteiger partial charge in [0, 0.05) is 21.4 Å². The minimum Gasteiger partial charge on any atom is -0.264 e. The van der Waals surface area contributed by atoms with Crippen LogP contribution in [0.25, 0.3) is 10.8 Å². The van der Waals surface area contributed by atoms with Crippen LogP contribution in [-0.4, -0.2) is 4.98 Å². The highest BCUT2D eigenvalue weighted by atomic mass is 127. The summed E-state index contributed by atoms with van der Waals surface area (Å²) in [6.07, 6.45) is 3.71. The minimum absolute atomic E-state index is 1.21. The van der Waals surface area contributed by atoms with Crippen molar-refractivity contribution in [1.29, 1.82) is 0 Å². The van der Waals surface area contributed by atoms with E-state index in [1.54, 1.807) is 0 Å². The van der Waals surface area contributed by atoms with Gasteiger partial charge in [-0.25, -0.2) is 0 Å². The zero-order chi connectivity index (χ0) is 7.68. The molecule has 2 heteroatoms. The Balaban J connectivity index is 2.91. The van der Waals surface area contributed by atoms with Gasteiger partial charge in [-0.1, -0.05) is 12.1 Å². The smallest absolute Gasteiger partial charge is 0.0346 e. The van der Waals surface area contributed by atoms with Crippen LogP contribution in [0.4, 0.5) is 0 Å². The molecular formula is C9H6IN. The lowest BCUT2D eigenvalue weighted by molar-refractivity contribution is 1.36. The standard InChI is InChI=1S/C9H6IN/c10-9-3-1-2-7-6-11-5-4-8(7)9/h1-6H. The number of hydrogen-bond acceptors (Lipinski definition) is 1. The monoisotopic (exact) mass is 255 g/mol. The van der Waals surface area contributed by atoms with Crippen LogP contribution in [0.15, 0.2) is 36.7 Å². The first kappa shape index (κ1) is 7.03. The van der Waals surface area contributed by atoms with Crippen molar-refractivity contribution < 1.29 is 0 Å². The van der Waals surface area contributed by atoms with Crippen LogP contribution in [0.1, 0.15) is 0 Å². The SMILES string of the molecule is Ic1cccc2cnccc12. The largest absolute Gasteiger partial charge is 0.264 e. The van der Waals surface area contributed by atoms with Crippen LogP contribution >= 0.6 is 22.6 Å². The Morgan fingerprint density at radius 3 is 2.91 bits per heavy atom. The van der Waals surface area contributed by atoms with Gasteiger partial charge < -0.3 is 0 Å². The normalized spacial score (nSPS) is 10.3. The number of nitrogens with zero attached hydrogens (tertiary/aromatic N) is 1. The molecule has 0 aliphatic rings. The first-order valence-electron chi connectivity index (χ1n) is 3.36. The predicted octanol–water partition coefficient (Wildman–Crippen LogP) is 2.84. The second-order valence-electron chi connectivity index (χ2n) is 2.34. The summed E-state index contributed by atoms with van der Waals surface area (Å²) in [6.45, 7) is 0. The van der Waals surface area contributed by atoms with E-state index in [1.165, 1.54) is 14.3 Å². The number of aromatic nitrogens is 1. The number of hydrogen-bond donors (Lipinski definition) is 0. The summed E-state index contributed by atoms with van der Waals surface area (Å²) in [5.41, 5.74) is 0. The first-order valence-corrected chi connectivity index (χ1v) is 4.44. The maximum absolute atomic E-state index is 4.05. The van der Waals surface area contributed by atoms with Crippen molar-refractivity contribution >= 4 is 33.4 Å². The highest BCUT2D eigenvalue weighted by molar-refractivity contribution is 14.1. The van der Waals surface area contributed by atoms with Gasteiger partial charge in [-0.15, -0.1) is 0 Å². The van der Waals surface area contributed by atoms with Gasteiger partial charge in [0.2, 0.25) is 0 Å². The van der Waals surface area contributed by atoms with Crippen molar-refractivity contribution in [3.63, 3.8) is 0 Å². The van der Waals surface area contributed by atoms with E-state index in [0.717, 1.165) is 0 Å². The summed E-state index contributed by atoms with van der Waals surface area (Å²) < 4.78 is 1.28. The number of benzene rings is 1. The predicted molar refractivity (Wildman–Crippen MR) is 54.5 cm³/mol. The lowest BCUT2D eigenvalue weighted by Gasteiger charge is -1.96. The second-order valence-corrected chi connectivity index (χ2v) is 3.50. The second kappa shape index (κ2) is 2.77. The molecule has 0 unspecified atom stereocenters. The Morgan fingerprint density at radius 2 is 2.09 bits per heavy atom. The average molecular weight is 255 g/mol. The van der Waals surface area contributed by atoms with Crippen LogP contribution in [0.3, 0.4) is 0 Å². The van der Waals surface area contributed by atoms with E-state index in [4.69, 9.17) is 0 Å². The molecule has 0 amide bonds. The van der Waals surface area contributed by atoms with E-state index < -0.39 is 0 Å². The van der Waals surface area contributed by atoms with Gasteiger partial charge in [-0.2, -0.15) is 0 Å². The summed E-state index contributed by atoms with van der Waals surface area (Å²) in [6, 6.07) is 8.26. The topological polar surface area (TPSA) is 12.9 Å². The Bertz CT molecular complexity index is 379. The molecule has 0 fully saturated rings. The van der Waals surface area contributed by atoms with Gasteiger partial charge >= 0.3 is 0 Å². The Morgan fingerprint density at radius 1 is 1.18 bits per heavy atom. The van der Waals surface area contributed by atoms with Crippen LogP contribution in [-0.2, 0) is 0 Å². The summed E-state index contributed by atoms with van der Waals surface area (Å²) >= 11 is 2.33. The fraction of sp³-hybridized carbons (Fsp3) is 0. The molecule has 0 saturated heterocycles. The molecule has 0 spiro atoms. The quantitative estimate of drug-likeness (QED) is 0.659. The van der Waals surface area contributed by atoms with Gasteiger partial charge in [0.05, 0.1) is 0 Å². The van der Waals surface area contributed by atoms with Crippen LogP contribution < -0.4 is 0 Å². The molecule has 54 valence electrons. The van der Waals surface area contributed by atoms with Crippen molar-refractivity contribution in [2.45, 2.75) is 0 Å². The molecule has 0 atom stereocenters. The molecule has 2 rings (SSSR count). The van der Waals surface area contributed by atoms with Crippen molar-refractivity contribution in [2.75, 3.05) is 0 Å². The molecule has 1 aromatic carbocycles. The summed E-state index contributed by atoms with van der Waals surface area (Å²) in [5.74, 6) is 0. The zero-order valence-corrected chi connectivity index (χ0v) is 7.95. The molecule has 1 aromatic heterocycles. The molecule has 0 radical (unpaired) electrons. The third-order valence-corrected chi connectivity index (χ3v) is 2.57. The zero-order valence-electron chi connectivity index (χ0n) is 5.79. The molecule has 0 saturated carbocycles. The summed E-state index contributed by atoms with van der Waals surface area (Å²) in [4.78, 5) is 4.05. The maximum atomic E-state index is 4.05. The Kier molecular flexibility index (Phi) is 1.77. The van der Waals surface area contributed by atoms with Crippen molar-refractivity contribution in [1.82, 2.24) is 4.98 Å². The third kappa shape index (κ3) is 1.22. The fourth-order valence-corrected chi connectivity index (χ4v) is 1.78. The lowest BCUT2D eigenvalue weighted by atomic mass is 10.2. The third-order valence-electron chi connectivity index (χ3n) is 1.63. The maximum Gasteiger partial charge on any atom is 0.0346 e. The van der Waals surface area contributed by atoms with Crippen LogP contribution in [0.2, 0.25) is 0 Å². The Labute approximate surface area is 78.6 Å². The minimum atomic E-state index is 1.21.